The first-order valence-electron chi connectivity index (χ1n) is 6.17. The highest BCUT2D eigenvalue weighted by molar-refractivity contribution is 5.75. The van der Waals surface area contributed by atoms with Gasteiger partial charge in [0, 0.05) is 20.6 Å². The van der Waals surface area contributed by atoms with E-state index in [4.69, 9.17) is 10.5 Å². The first-order chi connectivity index (χ1) is 9.91. The monoisotopic (exact) mass is 296 g/mol. The summed E-state index contributed by atoms with van der Waals surface area (Å²) in [7, 11) is 2.93. The second-order valence-electron chi connectivity index (χ2n) is 4.44. The van der Waals surface area contributed by atoms with Crippen LogP contribution >= 0.6 is 0 Å². The number of amides is 1. The number of primary amides is 1. The topological polar surface area (TPSA) is 137 Å². The molecule has 1 amide bonds. The highest BCUT2D eigenvalue weighted by Gasteiger charge is 2.12. The van der Waals surface area contributed by atoms with Crippen LogP contribution in [0, 0.1) is 0 Å². The number of nitrogens with zero attached hydrogens (tertiary/aromatic N) is 3. The molecule has 2 heterocycles. The lowest BCUT2D eigenvalue weighted by molar-refractivity contribution is -0.122. The van der Waals surface area contributed by atoms with E-state index in [2.05, 4.69) is 15.3 Å². The predicted molar refractivity (Wildman–Crippen MR) is 75.1 cm³/mol. The Bertz CT molecular complexity index is 786. The quantitative estimate of drug-likeness (QED) is 0.521. The van der Waals surface area contributed by atoms with Gasteiger partial charge in [-0.3, -0.25) is 18.7 Å². The van der Waals surface area contributed by atoms with E-state index in [1.807, 2.05) is 0 Å². The Balaban J connectivity index is 2.15. The second kappa shape index (κ2) is 5.79. The zero-order valence-corrected chi connectivity index (χ0v) is 11.7. The van der Waals surface area contributed by atoms with Gasteiger partial charge in [0.25, 0.3) is 5.56 Å². The molecule has 10 heteroatoms. The molecular formula is C11H16N6O4. The molecule has 0 atom stereocenters. The average Bonchev–Trinajstić information content (AvgIpc) is 2.86. The highest BCUT2D eigenvalue weighted by atomic mass is 16.5. The molecule has 0 fully saturated rings. The van der Waals surface area contributed by atoms with Gasteiger partial charge in [0.1, 0.15) is 6.61 Å². The second-order valence-corrected chi connectivity index (χ2v) is 4.44. The third kappa shape index (κ3) is 2.94. The van der Waals surface area contributed by atoms with E-state index in [0.29, 0.717) is 12.5 Å². The minimum Gasteiger partial charge on any atom is -0.370 e. The molecule has 0 bridgehead atoms. The molecule has 10 nitrogen and oxygen atoms in total. The van der Waals surface area contributed by atoms with Gasteiger partial charge in [-0.1, -0.05) is 0 Å². The van der Waals surface area contributed by atoms with Crippen LogP contribution in [0.4, 0.5) is 5.95 Å². The number of H-pyrrole nitrogens is 1. The fourth-order valence-corrected chi connectivity index (χ4v) is 1.82. The summed E-state index contributed by atoms with van der Waals surface area (Å²) in [6.07, 6.45) is 0. The van der Waals surface area contributed by atoms with E-state index in [1.54, 1.807) is 0 Å². The van der Waals surface area contributed by atoms with Crippen molar-refractivity contribution < 1.29 is 9.53 Å². The fraction of sp³-hybridized carbons (Fsp3) is 0.455. The minimum atomic E-state index is -0.544. The van der Waals surface area contributed by atoms with Crippen LogP contribution in [-0.2, 0) is 23.6 Å². The Kier molecular flexibility index (Phi) is 4.08. The SMILES string of the molecule is Cn1c(=O)c2[nH]c(NCCOCC(N)=O)nc2n(C)c1=O. The lowest BCUT2D eigenvalue weighted by atomic mass is 10.5. The largest absolute Gasteiger partial charge is 0.370 e. The van der Waals surface area contributed by atoms with Crippen LogP contribution in [0.2, 0.25) is 0 Å². The number of fused-ring (bicyclic) bond motifs is 1. The maximum atomic E-state index is 11.9. The molecule has 0 aliphatic heterocycles. The van der Waals surface area contributed by atoms with Gasteiger partial charge in [0.2, 0.25) is 11.9 Å². The number of aromatic nitrogens is 4. The first kappa shape index (κ1) is 14.8. The third-order valence-corrected chi connectivity index (χ3v) is 2.88. The van der Waals surface area contributed by atoms with E-state index in [-0.39, 0.29) is 24.4 Å². The molecule has 2 aromatic rings. The van der Waals surface area contributed by atoms with Crippen LogP contribution in [0.3, 0.4) is 0 Å². The van der Waals surface area contributed by atoms with Gasteiger partial charge in [-0.2, -0.15) is 4.98 Å². The number of carbonyl (C=O) groups is 1. The summed E-state index contributed by atoms with van der Waals surface area (Å²) < 4.78 is 7.26. The maximum absolute atomic E-state index is 11.9. The van der Waals surface area contributed by atoms with E-state index >= 15 is 0 Å². The van der Waals surface area contributed by atoms with E-state index in [0.717, 1.165) is 4.57 Å². The van der Waals surface area contributed by atoms with Crippen LogP contribution in [-0.4, -0.2) is 44.8 Å². The van der Waals surface area contributed by atoms with Gasteiger partial charge >= 0.3 is 5.69 Å². The average molecular weight is 296 g/mol. The van der Waals surface area contributed by atoms with Crippen LogP contribution in [0.5, 0.6) is 0 Å². The number of nitrogens with one attached hydrogen (secondary N) is 2. The van der Waals surface area contributed by atoms with Gasteiger partial charge in [-0.25, -0.2) is 4.79 Å². The Labute approximate surface area is 118 Å². The number of rotatable bonds is 6. The predicted octanol–water partition coefficient (Wildman–Crippen LogP) is -2.13. The maximum Gasteiger partial charge on any atom is 0.332 e. The number of hydrogen-bond donors (Lipinski definition) is 3. The van der Waals surface area contributed by atoms with Gasteiger partial charge in [0.15, 0.2) is 11.2 Å². The molecule has 0 radical (unpaired) electrons. The Hall–Kier alpha value is -2.62. The molecule has 2 rings (SSSR count). The number of anilines is 1. The minimum absolute atomic E-state index is 0.156. The molecule has 21 heavy (non-hydrogen) atoms. The van der Waals surface area contributed by atoms with Crippen molar-refractivity contribution in [3.05, 3.63) is 20.8 Å². The summed E-state index contributed by atoms with van der Waals surface area (Å²) in [5, 5.41) is 2.89. The standard InChI is InChI=1S/C11H16N6O4/c1-16-8-7(9(19)17(2)11(16)20)14-10(15-8)13-3-4-21-5-6(12)18/h3-5H2,1-2H3,(H2,12,18)(H2,13,14,15). The molecule has 114 valence electrons. The van der Waals surface area contributed by atoms with Crippen molar-refractivity contribution in [2.45, 2.75) is 0 Å². The molecule has 2 aromatic heterocycles. The molecule has 0 aliphatic rings. The van der Waals surface area contributed by atoms with Gasteiger partial charge < -0.3 is 20.8 Å². The number of nitrogens with two attached hydrogens (primary N) is 1. The number of aromatic amines is 1. The summed E-state index contributed by atoms with van der Waals surface area (Å²) in [5.41, 5.74) is 4.54. The molecule has 0 spiro atoms. The molecule has 0 unspecified atom stereocenters. The van der Waals surface area contributed by atoms with Crippen molar-refractivity contribution in [2.24, 2.45) is 19.8 Å². The van der Waals surface area contributed by atoms with Crippen molar-refractivity contribution in [3.63, 3.8) is 0 Å². The van der Waals surface area contributed by atoms with Crippen molar-refractivity contribution in [1.29, 1.82) is 0 Å². The molecular weight excluding hydrogens is 280 g/mol. The summed E-state index contributed by atoms with van der Waals surface area (Å²) in [4.78, 5) is 41.1. The van der Waals surface area contributed by atoms with Gasteiger partial charge in [-0.05, 0) is 0 Å². The third-order valence-electron chi connectivity index (χ3n) is 2.88. The van der Waals surface area contributed by atoms with Crippen molar-refractivity contribution in [3.8, 4) is 0 Å². The number of hydrogen-bond acceptors (Lipinski definition) is 6. The fourth-order valence-electron chi connectivity index (χ4n) is 1.82. The molecule has 0 saturated carbocycles. The summed E-state index contributed by atoms with van der Waals surface area (Å²) >= 11 is 0. The molecule has 0 aromatic carbocycles. The Morgan fingerprint density at radius 3 is 2.76 bits per heavy atom. The van der Waals surface area contributed by atoms with Crippen LogP contribution in [0.15, 0.2) is 9.59 Å². The number of aryl methyl sites for hydroxylation is 1. The Morgan fingerprint density at radius 2 is 2.10 bits per heavy atom. The normalized spacial score (nSPS) is 11.0. The van der Waals surface area contributed by atoms with Crippen LogP contribution < -0.4 is 22.3 Å². The van der Waals surface area contributed by atoms with E-state index in [9.17, 15) is 14.4 Å². The smallest absolute Gasteiger partial charge is 0.332 e. The molecule has 0 saturated heterocycles. The Morgan fingerprint density at radius 1 is 1.38 bits per heavy atom. The van der Waals surface area contributed by atoms with Crippen LogP contribution in [0.25, 0.3) is 11.2 Å². The van der Waals surface area contributed by atoms with Crippen molar-refractivity contribution >= 4 is 23.0 Å². The zero-order valence-electron chi connectivity index (χ0n) is 11.7. The summed E-state index contributed by atoms with van der Waals surface area (Å²) in [6.45, 7) is 0.454. The van der Waals surface area contributed by atoms with Crippen molar-refractivity contribution in [2.75, 3.05) is 25.1 Å². The number of ether oxygens (including phenoxy) is 1. The zero-order chi connectivity index (χ0) is 15.6. The van der Waals surface area contributed by atoms with Crippen molar-refractivity contribution in [1.82, 2.24) is 19.1 Å². The lowest BCUT2D eigenvalue weighted by Gasteiger charge is -2.02. The lowest BCUT2D eigenvalue weighted by Crippen LogP contribution is -2.36. The molecule has 4 N–H and O–H groups in total. The van der Waals surface area contributed by atoms with Crippen LogP contribution in [0.1, 0.15) is 0 Å². The number of carbonyl (C=O) groups excluding carboxylic acids is 1. The summed E-state index contributed by atoms with van der Waals surface area (Å²) in [6, 6.07) is 0. The first-order valence-corrected chi connectivity index (χ1v) is 6.17. The number of imidazole rings is 1. The van der Waals surface area contributed by atoms with Gasteiger partial charge in [-0.15, -0.1) is 0 Å². The van der Waals surface area contributed by atoms with E-state index < -0.39 is 17.2 Å². The van der Waals surface area contributed by atoms with Gasteiger partial charge in [0.05, 0.1) is 6.61 Å². The van der Waals surface area contributed by atoms with E-state index in [1.165, 1.54) is 18.7 Å². The highest BCUT2D eigenvalue weighted by Crippen LogP contribution is 2.07. The molecule has 0 aliphatic carbocycles. The summed E-state index contributed by atoms with van der Waals surface area (Å²) in [5.74, 6) is -0.205.